The Morgan fingerprint density at radius 3 is 2.50 bits per heavy atom. The fourth-order valence-corrected chi connectivity index (χ4v) is 3.08. The molecule has 0 saturated heterocycles. The van der Waals surface area contributed by atoms with E-state index in [0.29, 0.717) is 29.4 Å². The molecule has 0 aliphatic carbocycles. The molecular weight excluding hydrogens is 354 g/mol. The summed E-state index contributed by atoms with van der Waals surface area (Å²) in [7, 11) is 3.21. The van der Waals surface area contributed by atoms with Gasteiger partial charge in [-0.3, -0.25) is 9.48 Å². The Bertz CT molecular complexity index is 951. The fraction of sp³-hybridized carbons (Fsp3) is 0.273. The van der Waals surface area contributed by atoms with Crippen LogP contribution in [0.4, 0.5) is 0 Å². The molecule has 1 aromatic heterocycles. The third-order valence-corrected chi connectivity index (χ3v) is 4.64. The molecule has 1 heterocycles. The Morgan fingerprint density at radius 1 is 1.11 bits per heavy atom. The van der Waals surface area contributed by atoms with Crippen LogP contribution in [-0.2, 0) is 6.54 Å². The standard InChI is InChI=1S/C22H25N3O3/c1-5-25-20(22(26)23-15(2)16-9-7-6-8-10-16)14-19(24-25)18-12-11-17(27-3)13-21(18)28-4/h6-15H,5H2,1-4H3,(H,23,26). The molecule has 0 bridgehead atoms. The van der Waals surface area contributed by atoms with Crippen molar-refractivity contribution in [3.05, 3.63) is 65.9 Å². The van der Waals surface area contributed by atoms with Crippen LogP contribution < -0.4 is 14.8 Å². The first-order chi connectivity index (χ1) is 13.6. The van der Waals surface area contributed by atoms with E-state index in [2.05, 4.69) is 10.4 Å². The van der Waals surface area contributed by atoms with Crippen molar-refractivity contribution in [1.29, 1.82) is 0 Å². The maximum Gasteiger partial charge on any atom is 0.270 e. The van der Waals surface area contributed by atoms with E-state index in [4.69, 9.17) is 9.47 Å². The zero-order valence-corrected chi connectivity index (χ0v) is 16.6. The van der Waals surface area contributed by atoms with Crippen molar-refractivity contribution < 1.29 is 14.3 Å². The highest BCUT2D eigenvalue weighted by atomic mass is 16.5. The molecule has 146 valence electrons. The van der Waals surface area contributed by atoms with E-state index >= 15 is 0 Å². The zero-order chi connectivity index (χ0) is 20.1. The number of ether oxygens (including phenoxy) is 2. The minimum absolute atomic E-state index is 0.104. The van der Waals surface area contributed by atoms with Crippen LogP contribution in [0, 0.1) is 0 Å². The number of benzene rings is 2. The Hall–Kier alpha value is -3.28. The molecule has 0 spiro atoms. The fourth-order valence-electron chi connectivity index (χ4n) is 3.08. The molecule has 0 aliphatic rings. The summed E-state index contributed by atoms with van der Waals surface area (Å²) in [6.07, 6.45) is 0. The van der Waals surface area contributed by atoms with Crippen LogP contribution in [0.3, 0.4) is 0 Å². The third-order valence-electron chi connectivity index (χ3n) is 4.64. The van der Waals surface area contributed by atoms with Gasteiger partial charge in [-0.25, -0.2) is 0 Å². The first-order valence-electron chi connectivity index (χ1n) is 9.23. The second kappa shape index (κ2) is 8.61. The number of carbonyl (C=O) groups is 1. The van der Waals surface area contributed by atoms with E-state index < -0.39 is 0 Å². The molecule has 28 heavy (non-hydrogen) atoms. The van der Waals surface area contributed by atoms with Gasteiger partial charge in [0.15, 0.2) is 0 Å². The normalized spacial score (nSPS) is 11.7. The first kappa shape index (κ1) is 19.5. The molecule has 3 aromatic rings. The smallest absolute Gasteiger partial charge is 0.270 e. The zero-order valence-electron chi connectivity index (χ0n) is 16.6. The molecule has 3 rings (SSSR count). The summed E-state index contributed by atoms with van der Waals surface area (Å²) in [6, 6.07) is 17.1. The predicted molar refractivity (Wildman–Crippen MR) is 109 cm³/mol. The van der Waals surface area contributed by atoms with Crippen molar-refractivity contribution in [3.8, 4) is 22.8 Å². The lowest BCUT2D eigenvalue weighted by atomic mass is 10.1. The van der Waals surface area contributed by atoms with E-state index in [9.17, 15) is 4.79 Å². The van der Waals surface area contributed by atoms with Crippen LogP contribution in [-0.4, -0.2) is 29.9 Å². The van der Waals surface area contributed by atoms with Crippen LogP contribution in [0.1, 0.15) is 35.9 Å². The highest BCUT2D eigenvalue weighted by Crippen LogP contribution is 2.33. The summed E-state index contributed by atoms with van der Waals surface area (Å²) in [5.74, 6) is 1.18. The molecule has 0 aliphatic heterocycles. The number of nitrogens with one attached hydrogen (secondary N) is 1. The average Bonchev–Trinajstić information content (AvgIpc) is 3.18. The van der Waals surface area contributed by atoms with Gasteiger partial charge < -0.3 is 14.8 Å². The highest BCUT2D eigenvalue weighted by molar-refractivity contribution is 5.94. The molecule has 6 heteroatoms. The minimum Gasteiger partial charge on any atom is -0.497 e. The Morgan fingerprint density at radius 2 is 1.86 bits per heavy atom. The summed E-state index contributed by atoms with van der Waals surface area (Å²) in [4.78, 5) is 12.9. The molecule has 1 atom stereocenters. The van der Waals surface area contributed by atoms with Crippen molar-refractivity contribution in [2.75, 3.05) is 14.2 Å². The molecule has 1 unspecified atom stereocenters. The highest BCUT2D eigenvalue weighted by Gasteiger charge is 2.19. The number of nitrogens with zero attached hydrogens (tertiary/aromatic N) is 2. The monoisotopic (exact) mass is 379 g/mol. The van der Waals surface area contributed by atoms with E-state index in [0.717, 1.165) is 11.1 Å². The molecule has 1 N–H and O–H groups in total. The number of hydrogen-bond donors (Lipinski definition) is 1. The van der Waals surface area contributed by atoms with Gasteiger partial charge in [0, 0.05) is 18.2 Å². The molecule has 0 radical (unpaired) electrons. The molecular formula is C22H25N3O3. The molecule has 0 saturated carbocycles. The quantitative estimate of drug-likeness (QED) is 0.672. The lowest BCUT2D eigenvalue weighted by Crippen LogP contribution is -2.28. The van der Waals surface area contributed by atoms with Gasteiger partial charge in [0.1, 0.15) is 17.2 Å². The van der Waals surface area contributed by atoms with Crippen LogP contribution in [0.2, 0.25) is 0 Å². The van der Waals surface area contributed by atoms with Gasteiger partial charge in [0.25, 0.3) is 5.91 Å². The molecule has 6 nitrogen and oxygen atoms in total. The SMILES string of the molecule is CCn1nc(-c2ccc(OC)cc2OC)cc1C(=O)NC(C)c1ccccc1. The second-order valence-electron chi connectivity index (χ2n) is 6.40. The van der Waals surface area contributed by atoms with Crippen molar-refractivity contribution in [2.45, 2.75) is 26.4 Å². The van der Waals surface area contributed by atoms with Gasteiger partial charge in [-0.15, -0.1) is 0 Å². The van der Waals surface area contributed by atoms with Gasteiger partial charge >= 0.3 is 0 Å². The Labute approximate surface area is 165 Å². The van der Waals surface area contributed by atoms with E-state index in [-0.39, 0.29) is 11.9 Å². The number of hydrogen-bond acceptors (Lipinski definition) is 4. The van der Waals surface area contributed by atoms with Crippen LogP contribution in [0.25, 0.3) is 11.3 Å². The minimum atomic E-state index is -0.163. The molecule has 1 amide bonds. The second-order valence-corrected chi connectivity index (χ2v) is 6.40. The van der Waals surface area contributed by atoms with Gasteiger partial charge in [0.05, 0.1) is 26.0 Å². The first-order valence-corrected chi connectivity index (χ1v) is 9.23. The number of carbonyl (C=O) groups excluding carboxylic acids is 1. The number of amides is 1. The molecule has 2 aromatic carbocycles. The van der Waals surface area contributed by atoms with E-state index in [1.54, 1.807) is 31.0 Å². The summed E-state index contributed by atoms with van der Waals surface area (Å²) >= 11 is 0. The van der Waals surface area contributed by atoms with Crippen LogP contribution >= 0.6 is 0 Å². The lowest BCUT2D eigenvalue weighted by Gasteiger charge is -2.14. The van der Waals surface area contributed by atoms with E-state index in [1.807, 2.05) is 56.3 Å². The maximum absolute atomic E-state index is 12.9. The van der Waals surface area contributed by atoms with Crippen molar-refractivity contribution in [1.82, 2.24) is 15.1 Å². The Balaban J connectivity index is 1.89. The van der Waals surface area contributed by atoms with Gasteiger partial charge in [0.2, 0.25) is 0 Å². The van der Waals surface area contributed by atoms with Crippen molar-refractivity contribution >= 4 is 5.91 Å². The van der Waals surface area contributed by atoms with Gasteiger partial charge in [-0.1, -0.05) is 30.3 Å². The summed E-state index contributed by atoms with van der Waals surface area (Å²) in [5.41, 5.74) is 3.05. The van der Waals surface area contributed by atoms with Crippen molar-refractivity contribution in [3.63, 3.8) is 0 Å². The average molecular weight is 379 g/mol. The van der Waals surface area contributed by atoms with Crippen LogP contribution in [0.15, 0.2) is 54.6 Å². The Kier molecular flexibility index (Phi) is 5.99. The number of rotatable bonds is 7. The number of aromatic nitrogens is 2. The van der Waals surface area contributed by atoms with Gasteiger partial charge in [-0.2, -0.15) is 5.10 Å². The topological polar surface area (TPSA) is 65.4 Å². The third kappa shape index (κ3) is 4.01. The molecule has 0 fully saturated rings. The number of methoxy groups -OCH3 is 2. The summed E-state index contributed by atoms with van der Waals surface area (Å²) in [6.45, 7) is 4.51. The van der Waals surface area contributed by atoms with Crippen molar-refractivity contribution in [2.24, 2.45) is 0 Å². The number of aryl methyl sites for hydroxylation is 1. The lowest BCUT2D eigenvalue weighted by molar-refractivity contribution is 0.0929. The van der Waals surface area contributed by atoms with E-state index in [1.165, 1.54) is 0 Å². The summed E-state index contributed by atoms with van der Waals surface area (Å²) < 4.78 is 12.4. The maximum atomic E-state index is 12.9. The largest absolute Gasteiger partial charge is 0.497 e. The van der Waals surface area contributed by atoms with Crippen LogP contribution in [0.5, 0.6) is 11.5 Å². The summed E-state index contributed by atoms with van der Waals surface area (Å²) in [5, 5.41) is 7.65. The van der Waals surface area contributed by atoms with Gasteiger partial charge in [-0.05, 0) is 37.6 Å². The predicted octanol–water partition coefficient (Wildman–Crippen LogP) is 4.08.